The molecule has 0 aliphatic carbocycles. The number of anilines is 1. The van der Waals surface area contributed by atoms with E-state index < -0.39 is 9.84 Å². The maximum Gasteiger partial charge on any atom is 0.226 e. The van der Waals surface area contributed by atoms with Gasteiger partial charge in [-0.05, 0) is 25.0 Å². The summed E-state index contributed by atoms with van der Waals surface area (Å²) in [6, 6.07) is 8.17. The highest BCUT2D eigenvalue weighted by Crippen LogP contribution is 2.34. The number of rotatable bonds is 5. The van der Waals surface area contributed by atoms with Crippen molar-refractivity contribution in [2.24, 2.45) is 0 Å². The van der Waals surface area contributed by atoms with Crippen LogP contribution < -0.4 is 5.32 Å². The van der Waals surface area contributed by atoms with Crippen molar-refractivity contribution in [1.82, 2.24) is 4.98 Å². The number of hydrogen-bond acceptors (Lipinski definition) is 6. The molecule has 118 valence electrons. The average molecular weight is 359 g/mol. The van der Waals surface area contributed by atoms with Gasteiger partial charge >= 0.3 is 0 Å². The number of nitrogens with one attached hydrogen (secondary N) is 1. The lowest BCUT2D eigenvalue weighted by Gasteiger charge is -2.09. The first-order valence-electron chi connectivity index (χ1n) is 6.89. The van der Waals surface area contributed by atoms with Gasteiger partial charge in [-0.25, -0.2) is 13.4 Å². The first-order chi connectivity index (χ1) is 10.6. The monoisotopic (exact) mass is 358 g/mol. The molecule has 8 heteroatoms. The van der Waals surface area contributed by atoms with Crippen LogP contribution in [-0.2, 0) is 14.6 Å². The van der Waals surface area contributed by atoms with Crippen molar-refractivity contribution >= 4 is 37.9 Å². The highest BCUT2D eigenvalue weighted by atomic mass is 35.5. The molecule has 1 saturated heterocycles. The van der Waals surface area contributed by atoms with E-state index in [0.29, 0.717) is 11.7 Å². The molecule has 0 bridgehead atoms. The first kappa shape index (κ1) is 15.7. The van der Waals surface area contributed by atoms with E-state index in [4.69, 9.17) is 16.3 Å². The summed E-state index contributed by atoms with van der Waals surface area (Å²) in [6.07, 6.45) is 2.21. The predicted molar refractivity (Wildman–Crippen MR) is 86.5 cm³/mol. The van der Waals surface area contributed by atoms with E-state index in [1.165, 1.54) is 12.1 Å². The molecule has 5 nitrogen and oxygen atoms in total. The zero-order chi connectivity index (χ0) is 15.6. The molecule has 1 aliphatic heterocycles. The van der Waals surface area contributed by atoms with Crippen molar-refractivity contribution in [3.05, 3.63) is 34.7 Å². The number of aromatic nitrogens is 1. The van der Waals surface area contributed by atoms with Crippen molar-refractivity contribution < 1.29 is 13.2 Å². The molecule has 1 N–H and O–H groups in total. The predicted octanol–water partition coefficient (Wildman–Crippen LogP) is 3.22. The van der Waals surface area contributed by atoms with Gasteiger partial charge in [-0.2, -0.15) is 0 Å². The highest BCUT2D eigenvalue weighted by molar-refractivity contribution is 7.91. The fourth-order valence-electron chi connectivity index (χ4n) is 2.25. The van der Waals surface area contributed by atoms with Crippen LogP contribution in [0.3, 0.4) is 0 Å². The topological polar surface area (TPSA) is 68.3 Å². The van der Waals surface area contributed by atoms with Crippen molar-refractivity contribution in [3.63, 3.8) is 0 Å². The van der Waals surface area contributed by atoms with E-state index in [9.17, 15) is 8.42 Å². The summed E-state index contributed by atoms with van der Waals surface area (Å²) in [5.41, 5.74) is 0. The maximum absolute atomic E-state index is 12.5. The number of nitrogens with zero attached hydrogens (tertiary/aromatic N) is 1. The summed E-state index contributed by atoms with van der Waals surface area (Å²) >= 11 is 7.21. The summed E-state index contributed by atoms with van der Waals surface area (Å²) in [6.45, 7) is 1.38. The normalized spacial score (nSPS) is 18.5. The Morgan fingerprint density at radius 2 is 2.14 bits per heavy atom. The molecule has 0 spiro atoms. The summed E-state index contributed by atoms with van der Waals surface area (Å²) in [5, 5.41) is 3.50. The minimum atomic E-state index is -3.69. The SMILES string of the molecule is O=S(=O)(c1ccccc1)c1nc(NC[C@@H]2CCCO2)sc1Cl. The van der Waals surface area contributed by atoms with Gasteiger partial charge in [0.1, 0.15) is 4.34 Å². The summed E-state index contributed by atoms with van der Waals surface area (Å²) in [7, 11) is -3.69. The highest BCUT2D eigenvalue weighted by Gasteiger charge is 2.26. The molecule has 1 aromatic carbocycles. The van der Waals surface area contributed by atoms with Gasteiger partial charge in [0, 0.05) is 13.2 Å². The number of hydrogen-bond donors (Lipinski definition) is 1. The van der Waals surface area contributed by atoms with Gasteiger partial charge in [0.15, 0.2) is 10.2 Å². The van der Waals surface area contributed by atoms with E-state index in [-0.39, 0.29) is 20.4 Å². The Bertz CT molecular complexity index is 741. The molecule has 22 heavy (non-hydrogen) atoms. The number of thiazole rings is 1. The van der Waals surface area contributed by atoms with E-state index in [0.717, 1.165) is 30.8 Å². The zero-order valence-corrected chi connectivity index (χ0v) is 14.0. The van der Waals surface area contributed by atoms with Gasteiger partial charge < -0.3 is 10.1 Å². The lowest BCUT2D eigenvalue weighted by molar-refractivity contribution is 0.120. The number of ether oxygens (including phenoxy) is 1. The molecule has 1 aromatic heterocycles. The molecule has 1 fully saturated rings. The Hall–Kier alpha value is -1.15. The average Bonchev–Trinajstić information content (AvgIpc) is 3.15. The van der Waals surface area contributed by atoms with Crippen LogP contribution in [0.25, 0.3) is 0 Å². The standard InChI is InChI=1S/C14H15ClN2O3S2/c15-12-13(22(18,19)11-6-2-1-3-7-11)17-14(21-12)16-9-10-5-4-8-20-10/h1-3,6-7,10H,4-5,8-9H2,(H,16,17)/t10-/m0/s1. The molecule has 2 heterocycles. The number of benzene rings is 1. The second-order valence-corrected chi connectivity index (χ2v) is 8.40. The number of halogens is 1. The molecule has 0 radical (unpaired) electrons. The third-order valence-electron chi connectivity index (χ3n) is 3.37. The van der Waals surface area contributed by atoms with Crippen LogP contribution in [0.5, 0.6) is 0 Å². The van der Waals surface area contributed by atoms with Crippen LogP contribution in [0.1, 0.15) is 12.8 Å². The van der Waals surface area contributed by atoms with Crippen LogP contribution in [0.4, 0.5) is 5.13 Å². The molecule has 3 rings (SSSR count). The zero-order valence-electron chi connectivity index (χ0n) is 11.7. The Labute approximate surface area is 138 Å². The second kappa shape index (κ2) is 6.54. The van der Waals surface area contributed by atoms with Gasteiger partial charge in [-0.1, -0.05) is 41.1 Å². The van der Waals surface area contributed by atoms with Gasteiger partial charge in [-0.3, -0.25) is 0 Å². The quantitative estimate of drug-likeness (QED) is 0.888. The maximum atomic E-state index is 12.5. The van der Waals surface area contributed by atoms with E-state index in [2.05, 4.69) is 10.3 Å². The second-order valence-electron chi connectivity index (χ2n) is 4.93. The Morgan fingerprint density at radius 3 is 2.82 bits per heavy atom. The smallest absolute Gasteiger partial charge is 0.226 e. The van der Waals surface area contributed by atoms with Crippen molar-refractivity contribution in [2.75, 3.05) is 18.5 Å². The summed E-state index contributed by atoms with van der Waals surface area (Å²) < 4.78 is 30.7. The Morgan fingerprint density at radius 1 is 1.36 bits per heavy atom. The van der Waals surface area contributed by atoms with Crippen LogP contribution in [-0.4, -0.2) is 32.7 Å². The minimum absolute atomic E-state index is 0.0970. The molecule has 1 aliphatic rings. The number of sulfone groups is 1. The molecule has 1 atom stereocenters. The summed E-state index contributed by atoms with van der Waals surface area (Å²) in [4.78, 5) is 4.34. The molecular weight excluding hydrogens is 344 g/mol. The molecule has 0 unspecified atom stereocenters. The molecule has 0 amide bonds. The summed E-state index contributed by atoms with van der Waals surface area (Å²) in [5.74, 6) is 0. The van der Waals surface area contributed by atoms with Crippen molar-refractivity contribution in [2.45, 2.75) is 28.9 Å². The van der Waals surface area contributed by atoms with Crippen molar-refractivity contribution in [1.29, 1.82) is 0 Å². The minimum Gasteiger partial charge on any atom is -0.376 e. The van der Waals surface area contributed by atoms with Crippen LogP contribution in [0.2, 0.25) is 4.34 Å². The van der Waals surface area contributed by atoms with Crippen molar-refractivity contribution in [3.8, 4) is 0 Å². The van der Waals surface area contributed by atoms with Gasteiger partial charge in [-0.15, -0.1) is 0 Å². The van der Waals surface area contributed by atoms with Crippen LogP contribution in [0.15, 0.2) is 40.3 Å². The molecular formula is C14H15ClN2O3S2. The fraction of sp³-hybridized carbons (Fsp3) is 0.357. The lowest BCUT2D eigenvalue weighted by atomic mass is 10.2. The van der Waals surface area contributed by atoms with Crippen LogP contribution in [0, 0.1) is 0 Å². The lowest BCUT2D eigenvalue weighted by Crippen LogP contribution is -2.18. The van der Waals surface area contributed by atoms with E-state index in [1.54, 1.807) is 18.2 Å². The molecule has 0 saturated carbocycles. The van der Waals surface area contributed by atoms with Gasteiger partial charge in [0.25, 0.3) is 0 Å². The molecule has 2 aromatic rings. The van der Waals surface area contributed by atoms with E-state index in [1.807, 2.05) is 0 Å². The van der Waals surface area contributed by atoms with E-state index >= 15 is 0 Å². The van der Waals surface area contributed by atoms with Gasteiger partial charge in [0.05, 0.1) is 11.0 Å². The Balaban J connectivity index is 1.80. The Kier molecular flexibility index (Phi) is 4.67. The van der Waals surface area contributed by atoms with Crippen LogP contribution >= 0.6 is 22.9 Å². The largest absolute Gasteiger partial charge is 0.376 e. The fourth-order valence-corrected chi connectivity index (χ4v) is 5.08. The third kappa shape index (κ3) is 3.27. The first-order valence-corrected chi connectivity index (χ1v) is 9.57. The van der Waals surface area contributed by atoms with Gasteiger partial charge in [0.2, 0.25) is 9.84 Å². The third-order valence-corrected chi connectivity index (χ3v) is 6.52.